The lowest BCUT2D eigenvalue weighted by atomic mass is 10.1. The molecule has 0 atom stereocenters. The van der Waals surface area contributed by atoms with E-state index in [2.05, 4.69) is 4.98 Å². The zero-order valence-electron chi connectivity index (χ0n) is 10.9. The quantitative estimate of drug-likeness (QED) is 0.866. The number of H-pyrrole nitrogens is 1. The van der Waals surface area contributed by atoms with Crippen molar-refractivity contribution in [2.45, 2.75) is 40.3 Å². The molecule has 0 radical (unpaired) electrons. The molecule has 0 saturated carbocycles. The van der Waals surface area contributed by atoms with E-state index in [1.807, 2.05) is 32.6 Å². The predicted molar refractivity (Wildman–Crippen MR) is 67.6 cm³/mol. The van der Waals surface area contributed by atoms with Gasteiger partial charge in [-0.1, -0.05) is 19.9 Å². The zero-order chi connectivity index (χ0) is 13.0. The number of amides is 1. The zero-order valence-corrected chi connectivity index (χ0v) is 10.9. The molecule has 0 saturated heterocycles. The molecule has 0 unspecified atom stereocenters. The molecular formula is C13H20N2O2. The molecule has 0 aromatic carbocycles. The first-order valence-electron chi connectivity index (χ1n) is 5.90. The standard InChI is InChI=1S/C13H20N2O2/c1-9(2)13(17)15(10(3)4)8-11-5-6-12(16)14-7-11/h5-7,9-10H,8H2,1-4H3,(H,14,16). The molecule has 0 spiro atoms. The van der Waals surface area contributed by atoms with Crippen molar-refractivity contribution in [2.75, 3.05) is 0 Å². The average Bonchev–Trinajstić information content (AvgIpc) is 2.26. The highest BCUT2D eigenvalue weighted by Crippen LogP contribution is 2.11. The van der Waals surface area contributed by atoms with Gasteiger partial charge in [-0.3, -0.25) is 9.59 Å². The van der Waals surface area contributed by atoms with Gasteiger partial charge in [0.05, 0.1) is 0 Å². The monoisotopic (exact) mass is 236 g/mol. The van der Waals surface area contributed by atoms with Crippen molar-refractivity contribution in [3.8, 4) is 0 Å². The number of carbonyl (C=O) groups excluding carboxylic acids is 1. The molecule has 0 bridgehead atoms. The van der Waals surface area contributed by atoms with Gasteiger partial charge in [0.15, 0.2) is 0 Å². The first-order chi connectivity index (χ1) is 7.91. The molecule has 4 nitrogen and oxygen atoms in total. The third kappa shape index (κ3) is 3.73. The van der Waals surface area contributed by atoms with Gasteiger partial charge in [0, 0.05) is 30.8 Å². The Labute approximate surface area is 102 Å². The molecule has 0 aliphatic heterocycles. The first kappa shape index (κ1) is 13.5. The van der Waals surface area contributed by atoms with Crippen LogP contribution in [0.5, 0.6) is 0 Å². The number of aromatic amines is 1. The van der Waals surface area contributed by atoms with E-state index in [-0.39, 0.29) is 23.4 Å². The minimum absolute atomic E-state index is 0.0137. The molecule has 1 N–H and O–H groups in total. The van der Waals surface area contributed by atoms with Crippen LogP contribution in [0.3, 0.4) is 0 Å². The second-order valence-electron chi connectivity index (χ2n) is 4.78. The van der Waals surface area contributed by atoms with Gasteiger partial charge in [0.25, 0.3) is 0 Å². The molecule has 0 aliphatic rings. The Balaban J connectivity index is 2.84. The fourth-order valence-electron chi connectivity index (χ4n) is 1.58. The van der Waals surface area contributed by atoms with Crippen LogP contribution < -0.4 is 5.56 Å². The van der Waals surface area contributed by atoms with Crippen molar-refractivity contribution in [3.05, 3.63) is 34.2 Å². The molecule has 1 heterocycles. The van der Waals surface area contributed by atoms with Crippen LogP contribution in [0.1, 0.15) is 33.3 Å². The number of aromatic nitrogens is 1. The van der Waals surface area contributed by atoms with E-state index >= 15 is 0 Å². The number of hydrogen-bond acceptors (Lipinski definition) is 2. The van der Waals surface area contributed by atoms with Gasteiger partial charge in [0.1, 0.15) is 0 Å². The van der Waals surface area contributed by atoms with Crippen molar-refractivity contribution in [2.24, 2.45) is 5.92 Å². The number of pyridine rings is 1. The fourth-order valence-corrected chi connectivity index (χ4v) is 1.58. The minimum Gasteiger partial charge on any atom is -0.336 e. The van der Waals surface area contributed by atoms with Crippen LogP contribution in [0.4, 0.5) is 0 Å². The number of nitrogens with one attached hydrogen (secondary N) is 1. The Morgan fingerprint density at radius 1 is 1.29 bits per heavy atom. The summed E-state index contributed by atoms with van der Waals surface area (Å²) in [6.45, 7) is 8.30. The topological polar surface area (TPSA) is 53.2 Å². The molecule has 94 valence electrons. The highest BCUT2D eigenvalue weighted by Gasteiger charge is 2.19. The van der Waals surface area contributed by atoms with Gasteiger partial charge < -0.3 is 9.88 Å². The van der Waals surface area contributed by atoms with E-state index in [1.165, 1.54) is 6.07 Å². The summed E-state index contributed by atoms with van der Waals surface area (Å²) >= 11 is 0. The maximum atomic E-state index is 12.0. The Bertz CT molecular complexity index is 415. The van der Waals surface area contributed by atoms with Gasteiger partial charge in [-0.15, -0.1) is 0 Å². The second-order valence-corrected chi connectivity index (χ2v) is 4.78. The van der Waals surface area contributed by atoms with Crippen LogP contribution in [0.15, 0.2) is 23.1 Å². The molecule has 0 fully saturated rings. The second kappa shape index (κ2) is 5.66. The van der Waals surface area contributed by atoms with Gasteiger partial charge >= 0.3 is 0 Å². The maximum Gasteiger partial charge on any atom is 0.247 e. The summed E-state index contributed by atoms with van der Waals surface area (Å²) in [6, 6.07) is 3.38. The number of carbonyl (C=O) groups is 1. The third-order valence-electron chi connectivity index (χ3n) is 2.60. The van der Waals surface area contributed by atoms with E-state index in [4.69, 9.17) is 0 Å². The third-order valence-corrected chi connectivity index (χ3v) is 2.60. The summed E-state index contributed by atoms with van der Waals surface area (Å²) < 4.78 is 0. The molecule has 0 aliphatic carbocycles. The predicted octanol–water partition coefficient (Wildman–Crippen LogP) is 1.77. The van der Waals surface area contributed by atoms with Crippen molar-refractivity contribution in [1.29, 1.82) is 0 Å². The Kier molecular flexibility index (Phi) is 4.49. The summed E-state index contributed by atoms with van der Waals surface area (Å²) in [5.41, 5.74) is 0.812. The lowest BCUT2D eigenvalue weighted by molar-refractivity contribution is -0.136. The Morgan fingerprint density at radius 2 is 1.94 bits per heavy atom. The Hall–Kier alpha value is -1.58. The van der Waals surface area contributed by atoms with Crippen molar-refractivity contribution in [3.63, 3.8) is 0 Å². The molecule has 4 heteroatoms. The van der Waals surface area contributed by atoms with Gasteiger partial charge in [-0.05, 0) is 19.4 Å². The molecule has 17 heavy (non-hydrogen) atoms. The summed E-state index contributed by atoms with van der Waals surface area (Å²) in [7, 11) is 0. The molecule has 1 rings (SSSR count). The van der Waals surface area contributed by atoms with Crippen LogP contribution >= 0.6 is 0 Å². The molecule has 1 amide bonds. The van der Waals surface area contributed by atoms with Gasteiger partial charge in [-0.2, -0.15) is 0 Å². The number of nitrogens with zero attached hydrogens (tertiary/aromatic N) is 1. The normalized spacial score (nSPS) is 10.9. The summed E-state index contributed by atoms with van der Waals surface area (Å²) in [5.74, 6) is 0.117. The SMILES string of the molecule is CC(C)C(=O)N(Cc1ccc(=O)[nH]c1)C(C)C. The van der Waals surface area contributed by atoms with Crippen LogP contribution in [0.2, 0.25) is 0 Å². The van der Waals surface area contributed by atoms with Crippen molar-refractivity contribution < 1.29 is 4.79 Å². The average molecular weight is 236 g/mol. The van der Waals surface area contributed by atoms with Crippen molar-refractivity contribution >= 4 is 5.91 Å². The Morgan fingerprint density at radius 3 is 2.35 bits per heavy atom. The maximum absolute atomic E-state index is 12.0. The smallest absolute Gasteiger partial charge is 0.247 e. The van der Waals surface area contributed by atoms with E-state index < -0.39 is 0 Å². The van der Waals surface area contributed by atoms with Gasteiger partial charge in [0.2, 0.25) is 11.5 Å². The van der Waals surface area contributed by atoms with Crippen molar-refractivity contribution in [1.82, 2.24) is 9.88 Å². The minimum atomic E-state index is -0.125. The molecule has 1 aromatic rings. The molecule has 1 aromatic heterocycles. The lowest BCUT2D eigenvalue weighted by Gasteiger charge is -2.28. The van der Waals surface area contributed by atoms with E-state index in [9.17, 15) is 9.59 Å². The number of hydrogen-bond donors (Lipinski definition) is 1. The van der Waals surface area contributed by atoms with Crippen LogP contribution in [0, 0.1) is 5.92 Å². The van der Waals surface area contributed by atoms with Gasteiger partial charge in [-0.25, -0.2) is 0 Å². The molecular weight excluding hydrogens is 216 g/mol. The largest absolute Gasteiger partial charge is 0.336 e. The van der Waals surface area contributed by atoms with Crippen LogP contribution in [-0.2, 0) is 11.3 Å². The highest BCUT2D eigenvalue weighted by molar-refractivity contribution is 5.78. The summed E-state index contributed by atoms with van der Waals surface area (Å²) in [5, 5.41) is 0. The first-order valence-corrected chi connectivity index (χ1v) is 5.90. The van der Waals surface area contributed by atoms with Crippen LogP contribution in [-0.4, -0.2) is 21.8 Å². The summed E-state index contributed by atoms with van der Waals surface area (Å²) in [6.07, 6.45) is 1.66. The number of rotatable bonds is 4. The van der Waals surface area contributed by atoms with Crippen LogP contribution in [0.25, 0.3) is 0 Å². The highest BCUT2D eigenvalue weighted by atomic mass is 16.2. The van der Waals surface area contributed by atoms with E-state index in [0.29, 0.717) is 6.54 Å². The summed E-state index contributed by atoms with van der Waals surface area (Å²) in [4.78, 5) is 27.4. The fraction of sp³-hybridized carbons (Fsp3) is 0.538. The van der Waals surface area contributed by atoms with E-state index in [0.717, 1.165) is 5.56 Å². The van der Waals surface area contributed by atoms with E-state index in [1.54, 1.807) is 12.3 Å². The lowest BCUT2D eigenvalue weighted by Crippen LogP contribution is -2.39.